The zero-order chi connectivity index (χ0) is 10.4. The van der Waals surface area contributed by atoms with Crippen LogP contribution in [0.25, 0.3) is 0 Å². The van der Waals surface area contributed by atoms with Crippen molar-refractivity contribution in [3.63, 3.8) is 0 Å². The molecule has 0 spiro atoms. The van der Waals surface area contributed by atoms with Gasteiger partial charge in [0.25, 0.3) is 0 Å². The fraction of sp³-hybridized carbons (Fsp3) is 0.273. The molecule has 0 heterocycles. The molecule has 0 aromatic heterocycles. The van der Waals surface area contributed by atoms with Crippen molar-refractivity contribution in [2.24, 2.45) is 0 Å². The van der Waals surface area contributed by atoms with Gasteiger partial charge in [0.15, 0.2) is 0 Å². The average Bonchev–Trinajstić information content (AvgIpc) is 2.15. The molecule has 0 saturated carbocycles. The van der Waals surface area contributed by atoms with Gasteiger partial charge in [-0.1, -0.05) is 18.7 Å². The van der Waals surface area contributed by atoms with Gasteiger partial charge < -0.3 is 9.84 Å². The van der Waals surface area contributed by atoms with E-state index in [1.165, 1.54) is 12.1 Å². The Bertz CT molecular complexity index is 293. The van der Waals surface area contributed by atoms with E-state index in [0.717, 1.165) is 5.56 Å². The van der Waals surface area contributed by atoms with Crippen LogP contribution in [0.3, 0.4) is 0 Å². The Morgan fingerprint density at radius 2 is 2.00 bits per heavy atom. The summed E-state index contributed by atoms with van der Waals surface area (Å²) in [5, 5.41) is 8.72. The first-order valence-corrected chi connectivity index (χ1v) is 4.37. The first kappa shape index (κ1) is 10.7. The van der Waals surface area contributed by atoms with Crippen LogP contribution in [-0.4, -0.2) is 18.3 Å². The zero-order valence-corrected chi connectivity index (χ0v) is 7.87. The Hall–Kier alpha value is -1.35. The monoisotopic (exact) mass is 196 g/mol. The van der Waals surface area contributed by atoms with E-state index in [-0.39, 0.29) is 18.2 Å². The van der Waals surface area contributed by atoms with Crippen molar-refractivity contribution in [2.45, 2.75) is 6.42 Å². The molecule has 3 heteroatoms. The molecule has 0 aliphatic heterocycles. The summed E-state index contributed by atoms with van der Waals surface area (Å²) in [6.45, 7) is 3.94. The highest BCUT2D eigenvalue weighted by Gasteiger charge is 1.95. The molecule has 0 aliphatic rings. The Labute approximate surface area is 82.6 Å². The third kappa shape index (κ3) is 4.05. The number of aliphatic hydroxyl groups excluding tert-OH is 1. The highest BCUT2D eigenvalue weighted by Crippen LogP contribution is 2.03. The molecule has 0 bridgehead atoms. The molecule has 1 aromatic carbocycles. The third-order valence-electron chi connectivity index (χ3n) is 1.72. The second-order valence-corrected chi connectivity index (χ2v) is 3.00. The lowest BCUT2D eigenvalue weighted by Crippen LogP contribution is -2.01. The minimum atomic E-state index is -0.238. The van der Waals surface area contributed by atoms with Crippen LogP contribution in [0.15, 0.2) is 36.6 Å². The van der Waals surface area contributed by atoms with E-state index in [4.69, 9.17) is 9.84 Å². The van der Waals surface area contributed by atoms with Crippen LogP contribution < -0.4 is 0 Å². The van der Waals surface area contributed by atoms with E-state index in [2.05, 4.69) is 6.58 Å². The fourth-order valence-electron chi connectivity index (χ4n) is 1.03. The van der Waals surface area contributed by atoms with E-state index in [9.17, 15) is 4.39 Å². The van der Waals surface area contributed by atoms with Crippen LogP contribution in [0, 0.1) is 5.82 Å². The van der Waals surface area contributed by atoms with Gasteiger partial charge in [-0.25, -0.2) is 4.39 Å². The lowest BCUT2D eigenvalue weighted by molar-refractivity contribution is 0.131. The molecule has 76 valence electrons. The van der Waals surface area contributed by atoms with E-state index in [1.54, 1.807) is 12.1 Å². The van der Waals surface area contributed by atoms with Crippen LogP contribution >= 0.6 is 0 Å². The molecule has 0 atom stereocenters. The summed E-state index contributed by atoms with van der Waals surface area (Å²) in [6, 6.07) is 6.26. The summed E-state index contributed by atoms with van der Waals surface area (Å²) in [5.74, 6) is -0.220. The van der Waals surface area contributed by atoms with Gasteiger partial charge in [0.05, 0.1) is 6.61 Å². The Balaban J connectivity index is 2.25. The molecular formula is C11H13FO2. The molecule has 0 amide bonds. The van der Waals surface area contributed by atoms with Crippen molar-refractivity contribution >= 4 is 0 Å². The van der Waals surface area contributed by atoms with Crippen LogP contribution in [-0.2, 0) is 11.2 Å². The topological polar surface area (TPSA) is 29.5 Å². The van der Waals surface area contributed by atoms with Gasteiger partial charge >= 0.3 is 0 Å². The van der Waals surface area contributed by atoms with E-state index in [1.807, 2.05) is 0 Å². The van der Waals surface area contributed by atoms with Crippen molar-refractivity contribution in [1.82, 2.24) is 0 Å². The maximum absolute atomic E-state index is 12.5. The molecule has 2 nitrogen and oxygen atoms in total. The summed E-state index contributed by atoms with van der Waals surface area (Å²) in [5.41, 5.74) is 1.01. The van der Waals surface area contributed by atoms with Gasteiger partial charge in [-0.3, -0.25) is 0 Å². The molecule has 1 aromatic rings. The first-order valence-electron chi connectivity index (χ1n) is 4.37. The van der Waals surface area contributed by atoms with Crippen molar-refractivity contribution in [3.8, 4) is 0 Å². The molecule has 0 radical (unpaired) electrons. The maximum Gasteiger partial charge on any atom is 0.123 e. The van der Waals surface area contributed by atoms with Gasteiger partial charge in [0.1, 0.15) is 18.2 Å². The molecule has 0 fully saturated rings. The Morgan fingerprint density at radius 3 is 2.57 bits per heavy atom. The smallest absolute Gasteiger partial charge is 0.123 e. The third-order valence-corrected chi connectivity index (χ3v) is 1.72. The highest BCUT2D eigenvalue weighted by atomic mass is 19.1. The minimum Gasteiger partial charge on any atom is -0.510 e. The van der Waals surface area contributed by atoms with E-state index in [0.29, 0.717) is 13.0 Å². The van der Waals surface area contributed by atoms with Crippen molar-refractivity contribution < 1.29 is 14.2 Å². The van der Waals surface area contributed by atoms with E-state index < -0.39 is 0 Å². The summed E-state index contributed by atoms with van der Waals surface area (Å²) in [6.07, 6.45) is 0.702. The largest absolute Gasteiger partial charge is 0.510 e. The first-order chi connectivity index (χ1) is 6.68. The van der Waals surface area contributed by atoms with Crippen molar-refractivity contribution in [1.29, 1.82) is 0 Å². The molecule has 0 saturated heterocycles. The molecule has 0 aliphatic carbocycles. The number of benzene rings is 1. The summed E-state index contributed by atoms with van der Waals surface area (Å²) >= 11 is 0. The Kier molecular flexibility index (Phi) is 4.13. The predicted molar refractivity (Wildman–Crippen MR) is 52.7 cm³/mol. The minimum absolute atomic E-state index is 0.0177. The summed E-state index contributed by atoms with van der Waals surface area (Å²) < 4.78 is 17.6. The molecule has 1 N–H and O–H groups in total. The average molecular weight is 196 g/mol. The highest BCUT2D eigenvalue weighted by molar-refractivity contribution is 5.15. The van der Waals surface area contributed by atoms with Gasteiger partial charge in [-0.15, -0.1) is 0 Å². The number of halogens is 1. The number of hydrogen-bond acceptors (Lipinski definition) is 2. The second kappa shape index (κ2) is 5.40. The van der Waals surface area contributed by atoms with Crippen LogP contribution in [0.1, 0.15) is 5.56 Å². The summed E-state index contributed by atoms with van der Waals surface area (Å²) in [4.78, 5) is 0. The molecular weight excluding hydrogens is 183 g/mol. The number of aliphatic hydroxyl groups is 1. The maximum atomic E-state index is 12.5. The van der Waals surface area contributed by atoms with Gasteiger partial charge in [-0.2, -0.15) is 0 Å². The number of rotatable bonds is 5. The predicted octanol–water partition coefficient (Wildman–Crippen LogP) is 2.46. The normalized spacial score (nSPS) is 10.1. The van der Waals surface area contributed by atoms with Crippen LogP contribution in [0.5, 0.6) is 0 Å². The molecule has 1 rings (SSSR count). The summed E-state index contributed by atoms with van der Waals surface area (Å²) in [7, 11) is 0. The zero-order valence-electron chi connectivity index (χ0n) is 7.87. The molecule has 14 heavy (non-hydrogen) atoms. The second-order valence-electron chi connectivity index (χ2n) is 3.00. The van der Waals surface area contributed by atoms with Crippen molar-refractivity contribution in [3.05, 3.63) is 48.0 Å². The lowest BCUT2D eigenvalue weighted by atomic mass is 10.2. The SMILES string of the molecule is C=C(O)COCCc1ccc(F)cc1. The molecule has 0 unspecified atom stereocenters. The standard InChI is InChI=1S/C11H13FO2/c1-9(13)8-14-7-6-10-2-4-11(12)5-3-10/h2-5,13H,1,6-8H2. The van der Waals surface area contributed by atoms with Gasteiger partial charge in [0, 0.05) is 0 Å². The van der Waals surface area contributed by atoms with Crippen molar-refractivity contribution in [2.75, 3.05) is 13.2 Å². The fourth-order valence-corrected chi connectivity index (χ4v) is 1.03. The quantitative estimate of drug-likeness (QED) is 0.579. The van der Waals surface area contributed by atoms with Gasteiger partial charge in [-0.05, 0) is 24.1 Å². The van der Waals surface area contributed by atoms with Crippen LogP contribution in [0.4, 0.5) is 4.39 Å². The lowest BCUT2D eigenvalue weighted by Gasteiger charge is -2.02. The Morgan fingerprint density at radius 1 is 1.36 bits per heavy atom. The number of hydrogen-bond donors (Lipinski definition) is 1. The number of ether oxygens (including phenoxy) is 1. The van der Waals surface area contributed by atoms with Crippen LogP contribution in [0.2, 0.25) is 0 Å². The van der Waals surface area contributed by atoms with E-state index >= 15 is 0 Å². The van der Waals surface area contributed by atoms with Gasteiger partial charge in [0.2, 0.25) is 0 Å².